The number of alkyl halides is 2. The molecular formula is C24H23Br2N7O15S4. The van der Waals surface area contributed by atoms with Crippen LogP contribution in [-0.4, -0.2) is 67.2 Å². The first-order valence-electron chi connectivity index (χ1n) is 13.2. The van der Waals surface area contributed by atoms with Crippen LogP contribution in [0.3, 0.4) is 0 Å². The third kappa shape index (κ3) is 12.7. The van der Waals surface area contributed by atoms with Crippen LogP contribution in [0.25, 0.3) is 0 Å². The zero-order valence-electron chi connectivity index (χ0n) is 25.4. The average Bonchev–Trinajstić information content (AvgIpc) is 3.09. The van der Waals surface area contributed by atoms with Crippen molar-refractivity contribution in [3.63, 3.8) is 0 Å². The van der Waals surface area contributed by atoms with E-state index in [2.05, 4.69) is 76.4 Å². The number of rotatable bonds is 20. The van der Waals surface area contributed by atoms with E-state index in [1.165, 1.54) is 24.3 Å². The highest BCUT2D eigenvalue weighted by Crippen LogP contribution is 2.43. The number of carboxylic acid groups (broad SMARTS) is 1. The number of benzene rings is 3. The molecule has 0 bridgehead atoms. The van der Waals surface area contributed by atoms with Crippen molar-refractivity contribution in [1.29, 1.82) is 0 Å². The number of hydrogen-bond donors (Lipinski definition) is 7. The minimum atomic E-state index is -4.96. The molecule has 52 heavy (non-hydrogen) atoms. The van der Waals surface area contributed by atoms with Gasteiger partial charge in [0.15, 0.2) is 11.1 Å². The van der Waals surface area contributed by atoms with E-state index in [1.54, 1.807) is 0 Å². The van der Waals surface area contributed by atoms with Gasteiger partial charge in [-0.1, -0.05) is 41.9 Å². The summed E-state index contributed by atoms with van der Waals surface area (Å²) < 4.78 is 58.6. The molecule has 22 nitrogen and oxygen atoms in total. The summed E-state index contributed by atoms with van der Waals surface area (Å²) in [5.41, 5.74) is 9.56. The van der Waals surface area contributed by atoms with Crippen LogP contribution in [0.4, 0.5) is 39.8 Å². The van der Waals surface area contributed by atoms with Gasteiger partial charge in [-0.15, -0.1) is 29.1 Å². The lowest BCUT2D eigenvalue weighted by Gasteiger charge is -2.11. The lowest BCUT2D eigenvalue weighted by molar-refractivity contribution is -0.435. The molecule has 9 N–H and O–H groups in total. The average molecular weight is 938 g/mol. The van der Waals surface area contributed by atoms with Crippen molar-refractivity contribution < 1.29 is 70.4 Å². The Morgan fingerprint density at radius 3 is 2.21 bits per heavy atom. The quantitative estimate of drug-likeness (QED) is 0.00970. The first-order chi connectivity index (χ1) is 24.7. The van der Waals surface area contributed by atoms with E-state index >= 15 is 0 Å². The number of carbonyl (C=O) groups is 2. The third-order valence-corrected chi connectivity index (χ3v) is 10.8. The van der Waals surface area contributed by atoms with E-state index in [0.717, 1.165) is 18.2 Å². The molecule has 2 atom stereocenters. The summed E-state index contributed by atoms with van der Waals surface area (Å²) in [6.07, 6.45) is 0. The zero-order chi connectivity index (χ0) is 38.4. The molecule has 3 rings (SSSR count). The lowest BCUT2D eigenvalue weighted by Crippen LogP contribution is -2.23. The predicted octanol–water partition coefficient (Wildman–Crippen LogP) is 6.19. The molecule has 3 aromatic carbocycles. The number of nitrogens with two attached hydrogens (primary N) is 2. The Kier molecular flexibility index (Phi) is 17.4. The van der Waals surface area contributed by atoms with Gasteiger partial charge >= 0.3 is 5.97 Å². The number of anilines is 3. The first kappa shape index (κ1) is 43.2. The minimum absolute atomic E-state index is 0.0222. The van der Waals surface area contributed by atoms with Gasteiger partial charge in [-0.2, -0.15) is 12.8 Å². The molecule has 1 amide bonds. The SMILES string of the molecule is Nc1cc(N)c(N=Nc2ccc(SOOCCS(=O)OOO)cc2S(=O)(=O)O)c(C(=O)O)c1N=Nc1cc(NC(=O)C(Br)CBr)ccc1SOOO. The van der Waals surface area contributed by atoms with Gasteiger partial charge in [0.25, 0.3) is 10.1 Å². The van der Waals surface area contributed by atoms with Gasteiger partial charge in [0.2, 0.25) is 5.91 Å². The van der Waals surface area contributed by atoms with Crippen molar-refractivity contribution in [2.24, 2.45) is 20.5 Å². The Bertz CT molecular complexity index is 1960. The second-order valence-electron chi connectivity index (χ2n) is 9.08. The van der Waals surface area contributed by atoms with Crippen LogP contribution >= 0.6 is 55.9 Å². The second kappa shape index (κ2) is 20.9. The van der Waals surface area contributed by atoms with Crippen LogP contribution in [0.1, 0.15) is 10.4 Å². The molecule has 0 saturated heterocycles. The van der Waals surface area contributed by atoms with Gasteiger partial charge in [0.1, 0.15) is 38.0 Å². The predicted molar refractivity (Wildman–Crippen MR) is 190 cm³/mol. The molecule has 0 aliphatic heterocycles. The van der Waals surface area contributed by atoms with Crippen LogP contribution in [0.15, 0.2) is 77.6 Å². The maximum atomic E-state index is 12.5. The van der Waals surface area contributed by atoms with Gasteiger partial charge in [0, 0.05) is 15.9 Å². The number of carboxylic acids is 1. The van der Waals surface area contributed by atoms with Gasteiger partial charge in [-0.25, -0.2) is 24.4 Å². The molecule has 0 radical (unpaired) electrons. The number of amides is 1. The Labute approximate surface area is 320 Å². The van der Waals surface area contributed by atoms with Crippen LogP contribution in [0.2, 0.25) is 0 Å². The first-order valence-corrected chi connectivity index (χ1v) is 19.4. The topological polar surface area (TPSA) is 335 Å². The van der Waals surface area contributed by atoms with Crippen LogP contribution in [0.5, 0.6) is 0 Å². The summed E-state index contributed by atoms with van der Waals surface area (Å²) in [5, 5.41) is 52.3. The molecule has 0 heterocycles. The maximum Gasteiger partial charge on any atom is 0.340 e. The zero-order valence-corrected chi connectivity index (χ0v) is 31.8. The van der Waals surface area contributed by atoms with Crippen LogP contribution in [0, 0.1) is 0 Å². The number of halogens is 2. The minimum Gasteiger partial charge on any atom is -0.478 e. The summed E-state index contributed by atoms with van der Waals surface area (Å²) in [6, 6.07) is 8.62. The van der Waals surface area contributed by atoms with Crippen molar-refractivity contribution in [2.45, 2.75) is 19.5 Å². The highest BCUT2D eigenvalue weighted by Gasteiger charge is 2.24. The van der Waals surface area contributed by atoms with Crippen molar-refractivity contribution >= 4 is 129 Å². The fourth-order valence-corrected chi connectivity index (χ4v) is 5.89. The molecule has 0 aromatic heterocycles. The molecular weight excluding hydrogens is 914 g/mol. The van der Waals surface area contributed by atoms with Crippen molar-refractivity contribution in [1.82, 2.24) is 0 Å². The van der Waals surface area contributed by atoms with E-state index < -0.39 is 65.4 Å². The van der Waals surface area contributed by atoms with Crippen LogP contribution < -0.4 is 16.8 Å². The smallest absolute Gasteiger partial charge is 0.340 e. The number of nitrogens with one attached hydrogen (secondary N) is 1. The Morgan fingerprint density at radius 2 is 1.62 bits per heavy atom. The number of hydrogen-bond acceptors (Lipinski definition) is 21. The molecule has 0 aliphatic carbocycles. The monoisotopic (exact) mass is 935 g/mol. The molecule has 282 valence electrons. The molecule has 0 aliphatic rings. The summed E-state index contributed by atoms with van der Waals surface area (Å²) in [5.74, 6) is -2.34. The van der Waals surface area contributed by atoms with E-state index in [1.807, 2.05) is 0 Å². The lowest BCUT2D eigenvalue weighted by atomic mass is 10.1. The molecule has 28 heteroatoms. The van der Waals surface area contributed by atoms with Gasteiger partial charge in [-0.05, 0) is 42.5 Å². The maximum absolute atomic E-state index is 12.5. The molecule has 0 saturated carbocycles. The Balaban J connectivity index is 1.99. The molecule has 2 unspecified atom stereocenters. The standard InChI is InChI=1S/C24H23Br2N7O15S4/c25-10-13(26)23(34)29-11-1-4-18(50-47-44-37)17(7-11)31-33-22-15(28)9-14(27)21(20(22)24(35)36)32-30-16-3-2-12(8-19(16)52(40,41)42)49-46-43-5-6-51(39)48-45-38/h1-4,7-9,13,37-38H,5-6,10,27-28H2,(H,29,34)(H,35,36)(H,40,41,42). The summed E-state index contributed by atoms with van der Waals surface area (Å²) >= 11 is 5.31. The number of azo groups is 2. The number of carbonyl (C=O) groups excluding carboxylic acids is 1. The van der Waals surface area contributed by atoms with Crippen molar-refractivity contribution in [3.8, 4) is 0 Å². The van der Waals surface area contributed by atoms with E-state index in [0.29, 0.717) is 29.4 Å². The largest absolute Gasteiger partial charge is 0.478 e. The van der Waals surface area contributed by atoms with E-state index in [9.17, 15) is 31.9 Å². The molecule has 3 aromatic rings. The summed E-state index contributed by atoms with van der Waals surface area (Å²) in [7, 11) is -4.96. The number of nitrogen functional groups attached to an aromatic ring is 2. The second-order valence-corrected chi connectivity index (χ2v) is 14.9. The Hall–Kier alpha value is -3.20. The number of nitrogens with zero attached hydrogens (tertiary/aromatic N) is 4. The van der Waals surface area contributed by atoms with Crippen molar-refractivity contribution in [2.75, 3.05) is 34.5 Å². The van der Waals surface area contributed by atoms with Crippen molar-refractivity contribution in [3.05, 3.63) is 48.0 Å². The van der Waals surface area contributed by atoms with Gasteiger partial charge in [-0.3, -0.25) is 9.35 Å². The highest BCUT2D eigenvalue weighted by molar-refractivity contribution is 9.12. The van der Waals surface area contributed by atoms with Gasteiger partial charge < -0.3 is 21.9 Å². The summed E-state index contributed by atoms with van der Waals surface area (Å²) in [4.78, 5) is 28.5. The van der Waals surface area contributed by atoms with E-state index in [-0.39, 0.29) is 44.9 Å². The fraction of sp³-hybridized carbons (Fsp3) is 0.167. The Morgan fingerprint density at radius 1 is 0.942 bits per heavy atom. The highest BCUT2D eigenvalue weighted by atomic mass is 79.9. The third-order valence-electron chi connectivity index (χ3n) is 5.69. The normalized spacial score (nSPS) is 13.1. The van der Waals surface area contributed by atoms with Crippen LogP contribution in [-0.2, 0) is 54.0 Å². The van der Waals surface area contributed by atoms with E-state index in [4.69, 9.17) is 31.2 Å². The number of aromatic carboxylic acids is 1. The molecule has 0 fully saturated rings. The fourth-order valence-electron chi connectivity index (χ4n) is 3.52. The molecule has 0 spiro atoms. The summed E-state index contributed by atoms with van der Waals surface area (Å²) in [6.45, 7) is -0.301. The van der Waals surface area contributed by atoms with Gasteiger partial charge in [0.05, 0.1) is 52.7 Å².